The lowest BCUT2D eigenvalue weighted by atomic mass is 10.1. The van der Waals surface area contributed by atoms with Gasteiger partial charge in [0.2, 0.25) is 0 Å². The minimum atomic E-state index is -1.35. The molecule has 0 radical (unpaired) electrons. The third-order valence-electron chi connectivity index (χ3n) is 5.14. The summed E-state index contributed by atoms with van der Waals surface area (Å²) in [5, 5.41) is 23.8. The van der Waals surface area contributed by atoms with Crippen LogP contribution in [0.1, 0.15) is 11.8 Å². The van der Waals surface area contributed by atoms with Crippen LogP contribution in [0.4, 0.5) is 5.82 Å². The lowest BCUT2D eigenvalue weighted by molar-refractivity contribution is -0.160. The minimum absolute atomic E-state index is 0.110. The summed E-state index contributed by atoms with van der Waals surface area (Å²) in [6.45, 7) is -0.515. The first-order valence-electron chi connectivity index (χ1n) is 9.69. The van der Waals surface area contributed by atoms with Gasteiger partial charge in [-0.15, -0.1) is 0 Å². The maximum Gasteiger partial charge on any atom is 0.315 e. The fourth-order valence-corrected chi connectivity index (χ4v) is 3.56. The fourth-order valence-electron chi connectivity index (χ4n) is 3.56. The van der Waals surface area contributed by atoms with Crippen molar-refractivity contribution in [2.45, 2.75) is 37.0 Å². The lowest BCUT2D eigenvalue weighted by Gasteiger charge is -2.23. The second kappa shape index (κ2) is 9.16. The average Bonchev–Trinajstić information content (AvgIpc) is 3.36. The number of hydrogen-bond acceptors (Lipinski definition) is 10. The normalized spacial score (nSPS) is 23.6. The number of carbonyl (C=O) groups is 1. The molecule has 32 heavy (non-hydrogen) atoms. The molecule has 4 rings (SSSR count). The molecule has 1 aliphatic rings. The molecule has 1 fully saturated rings. The van der Waals surface area contributed by atoms with Crippen molar-refractivity contribution >= 4 is 23.0 Å². The molecule has 5 atom stereocenters. The van der Waals surface area contributed by atoms with Gasteiger partial charge in [0.05, 0.1) is 12.9 Å². The number of benzene rings is 1. The van der Waals surface area contributed by atoms with Crippen molar-refractivity contribution in [1.29, 1.82) is 0 Å². The van der Waals surface area contributed by atoms with Crippen LogP contribution in [-0.2, 0) is 20.7 Å². The molecular formula is C19H20N8O5. The molecular weight excluding hydrogens is 420 g/mol. The number of azide groups is 1. The molecule has 1 aliphatic heterocycles. The Kier molecular flexibility index (Phi) is 6.14. The van der Waals surface area contributed by atoms with E-state index in [-0.39, 0.29) is 12.2 Å². The van der Waals surface area contributed by atoms with E-state index in [2.05, 4.69) is 25.0 Å². The molecule has 0 spiro atoms. The van der Waals surface area contributed by atoms with Crippen LogP contribution >= 0.6 is 0 Å². The zero-order chi connectivity index (χ0) is 22.7. The third-order valence-corrected chi connectivity index (χ3v) is 5.14. The largest absolute Gasteiger partial charge is 0.454 e. The highest BCUT2D eigenvalue weighted by Crippen LogP contribution is 2.34. The zero-order valence-corrected chi connectivity index (χ0v) is 16.7. The van der Waals surface area contributed by atoms with Crippen LogP contribution in [-0.4, -0.2) is 66.7 Å². The van der Waals surface area contributed by atoms with Crippen molar-refractivity contribution in [1.82, 2.24) is 19.5 Å². The van der Waals surface area contributed by atoms with Gasteiger partial charge in [-0.05, 0) is 17.5 Å². The Bertz CT molecular complexity index is 1150. The van der Waals surface area contributed by atoms with Crippen molar-refractivity contribution < 1.29 is 24.5 Å². The van der Waals surface area contributed by atoms with Crippen molar-refractivity contribution in [3.05, 3.63) is 59.0 Å². The van der Waals surface area contributed by atoms with Gasteiger partial charge >= 0.3 is 5.97 Å². The van der Waals surface area contributed by atoms with Crippen LogP contribution < -0.4 is 5.73 Å². The number of aromatic nitrogens is 4. The number of hydrogen-bond donors (Lipinski definition) is 3. The van der Waals surface area contributed by atoms with Crippen molar-refractivity contribution in [3.8, 4) is 0 Å². The fraction of sp³-hybridized carbons (Fsp3) is 0.368. The van der Waals surface area contributed by atoms with E-state index in [1.165, 1.54) is 17.2 Å². The monoisotopic (exact) mass is 440 g/mol. The van der Waals surface area contributed by atoms with Gasteiger partial charge in [0.15, 0.2) is 23.8 Å². The van der Waals surface area contributed by atoms with Gasteiger partial charge in [-0.2, -0.15) is 0 Å². The maximum atomic E-state index is 12.9. The summed E-state index contributed by atoms with van der Waals surface area (Å²) in [7, 11) is 0. The summed E-state index contributed by atoms with van der Waals surface area (Å²) in [6, 6.07) is 7.81. The second-order valence-electron chi connectivity index (χ2n) is 7.13. The SMILES string of the molecule is [N-]=[N+]=NC(Cc1ccccc1)C(=O)O[C@@H]1[C@H](O)[C@@H](CO)O[C@H]1n1cnc2c(N)ncnc21. The number of carbonyl (C=O) groups excluding carboxylic acids is 1. The molecule has 2 aromatic heterocycles. The van der Waals surface area contributed by atoms with E-state index >= 15 is 0 Å². The average molecular weight is 440 g/mol. The molecule has 4 N–H and O–H groups in total. The number of rotatable bonds is 7. The predicted octanol–water partition coefficient (Wildman–Crippen LogP) is 0.492. The Morgan fingerprint density at radius 3 is 2.84 bits per heavy atom. The van der Waals surface area contributed by atoms with E-state index in [4.69, 9.17) is 20.7 Å². The maximum absolute atomic E-state index is 12.9. The Balaban J connectivity index is 1.62. The number of imidazole rings is 1. The van der Waals surface area contributed by atoms with E-state index < -0.39 is 43.2 Å². The standard InChI is InChI=1S/C19H20N8O5/c20-16-13-17(23-8-22-16)27(9-24-13)18-15(14(29)12(7-28)31-18)32-19(30)11(25-26-21)6-10-4-2-1-3-5-10/h1-5,8-9,11-12,14-15,18,28-29H,6-7H2,(H2,20,22,23)/t11?,12-,14-,15-,18-/m1/s1. The molecule has 0 amide bonds. The molecule has 0 saturated carbocycles. The Labute approximate surface area is 181 Å². The molecule has 1 saturated heterocycles. The first kappa shape index (κ1) is 21.5. The first-order chi connectivity index (χ1) is 15.5. The molecule has 166 valence electrons. The van der Waals surface area contributed by atoms with Gasteiger partial charge in [-0.25, -0.2) is 15.0 Å². The summed E-state index contributed by atoms with van der Waals surface area (Å²) < 4.78 is 12.7. The molecule has 0 bridgehead atoms. The van der Waals surface area contributed by atoms with Crippen molar-refractivity contribution in [3.63, 3.8) is 0 Å². The van der Waals surface area contributed by atoms with Crippen molar-refractivity contribution in [2.24, 2.45) is 5.11 Å². The van der Waals surface area contributed by atoms with Crippen LogP contribution in [0.15, 0.2) is 48.1 Å². The van der Waals surface area contributed by atoms with E-state index in [1.54, 1.807) is 24.3 Å². The second-order valence-corrected chi connectivity index (χ2v) is 7.13. The molecule has 1 unspecified atom stereocenters. The summed E-state index contributed by atoms with van der Waals surface area (Å²) in [5.41, 5.74) is 16.1. The number of nitrogens with two attached hydrogens (primary N) is 1. The van der Waals surface area contributed by atoms with E-state index in [0.717, 1.165) is 5.56 Å². The van der Waals surface area contributed by atoms with Gasteiger partial charge in [-0.3, -0.25) is 9.36 Å². The van der Waals surface area contributed by atoms with E-state index in [1.807, 2.05) is 6.07 Å². The number of esters is 1. The van der Waals surface area contributed by atoms with Gasteiger partial charge in [-0.1, -0.05) is 35.4 Å². The van der Waals surface area contributed by atoms with Crippen LogP contribution in [0.3, 0.4) is 0 Å². The van der Waals surface area contributed by atoms with Gasteiger partial charge in [0, 0.05) is 4.91 Å². The predicted molar refractivity (Wildman–Crippen MR) is 110 cm³/mol. The van der Waals surface area contributed by atoms with Gasteiger partial charge < -0.3 is 25.4 Å². The summed E-state index contributed by atoms with van der Waals surface area (Å²) in [5.74, 6) is -0.702. The van der Waals surface area contributed by atoms with E-state index in [0.29, 0.717) is 11.2 Å². The number of nitrogens with zero attached hydrogens (tertiary/aromatic N) is 7. The van der Waals surface area contributed by atoms with Crippen LogP contribution in [0.25, 0.3) is 21.6 Å². The van der Waals surface area contributed by atoms with Crippen LogP contribution in [0.5, 0.6) is 0 Å². The molecule has 13 heteroatoms. The Morgan fingerprint density at radius 1 is 1.34 bits per heavy atom. The smallest absolute Gasteiger partial charge is 0.315 e. The number of fused-ring (bicyclic) bond motifs is 1. The van der Waals surface area contributed by atoms with Crippen molar-refractivity contribution in [2.75, 3.05) is 12.3 Å². The minimum Gasteiger partial charge on any atom is -0.454 e. The van der Waals surface area contributed by atoms with E-state index in [9.17, 15) is 15.0 Å². The summed E-state index contributed by atoms with van der Waals surface area (Å²) >= 11 is 0. The highest BCUT2D eigenvalue weighted by atomic mass is 16.6. The molecule has 3 aromatic rings. The zero-order valence-electron chi connectivity index (χ0n) is 16.7. The molecule has 13 nitrogen and oxygen atoms in total. The molecule has 3 heterocycles. The molecule has 1 aromatic carbocycles. The Hall–Kier alpha value is -3.77. The number of ether oxygens (including phenoxy) is 2. The summed E-state index contributed by atoms with van der Waals surface area (Å²) in [6.07, 6.45) is -1.96. The number of anilines is 1. The highest BCUT2D eigenvalue weighted by molar-refractivity contribution is 5.81. The van der Waals surface area contributed by atoms with Gasteiger partial charge in [0.25, 0.3) is 0 Å². The quantitative estimate of drug-likeness (QED) is 0.203. The highest BCUT2D eigenvalue weighted by Gasteiger charge is 2.48. The summed E-state index contributed by atoms with van der Waals surface area (Å²) in [4.78, 5) is 27.8. The number of aliphatic hydroxyl groups is 2. The third kappa shape index (κ3) is 4.05. The first-order valence-corrected chi connectivity index (χ1v) is 9.69. The number of aliphatic hydroxyl groups excluding tert-OH is 2. The Morgan fingerprint density at radius 2 is 2.12 bits per heavy atom. The lowest BCUT2D eigenvalue weighted by Crippen LogP contribution is -2.39. The number of nitrogen functional groups attached to an aromatic ring is 1. The van der Waals surface area contributed by atoms with Crippen LogP contribution in [0.2, 0.25) is 0 Å². The van der Waals surface area contributed by atoms with Gasteiger partial charge in [0.1, 0.15) is 30.1 Å². The topological polar surface area (TPSA) is 194 Å². The molecule has 0 aliphatic carbocycles. The van der Waals surface area contributed by atoms with Crippen LogP contribution in [0, 0.1) is 0 Å².